The van der Waals surface area contributed by atoms with Crippen LogP contribution < -0.4 is 0 Å². The quantitative estimate of drug-likeness (QED) is 0.680. The number of hydrogen-bond acceptors (Lipinski definition) is 2. The van der Waals surface area contributed by atoms with Gasteiger partial charge in [0.15, 0.2) is 0 Å². The summed E-state index contributed by atoms with van der Waals surface area (Å²) < 4.78 is 0. The van der Waals surface area contributed by atoms with Gasteiger partial charge in [0.1, 0.15) is 5.78 Å². The van der Waals surface area contributed by atoms with Crippen LogP contribution in [0.3, 0.4) is 0 Å². The molecule has 2 saturated carbocycles. The van der Waals surface area contributed by atoms with E-state index in [1.165, 1.54) is 50.7 Å². The van der Waals surface area contributed by atoms with Crippen LogP contribution in [0.1, 0.15) is 78.1 Å². The van der Waals surface area contributed by atoms with Crippen molar-refractivity contribution >= 4 is 11.5 Å². The molecule has 0 spiro atoms. The third-order valence-electron chi connectivity index (χ3n) is 4.20. The Morgan fingerprint density at radius 3 is 2.22 bits per heavy atom. The summed E-state index contributed by atoms with van der Waals surface area (Å²) in [6.45, 7) is 4.38. The van der Waals surface area contributed by atoms with E-state index in [1.807, 2.05) is 0 Å². The highest BCUT2D eigenvalue weighted by molar-refractivity contribution is 6.04. The number of hydrogen-bond donors (Lipinski definition) is 0. The minimum atomic E-state index is 0.135. The predicted octanol–water partition coefficient (Wildman–Crippen LogP) is 4.32. The van der Waals surface area contributed by atoms with Gasteiger partial charge in [-0.15, -0.1) is 0 Å². The Bertz CT molecular complexity index is 322. The van der Waals surface area contributed by atoms with E-state index < -0.39 is 0 Å². The van der Waals surface area contributed by atoms with Crippen LogP contribution in [-0.4, -0.2) is 17.5 Å². The molecule has 0 aromatic carbocycles. The van der Waals surface area contributed by atoms with Crippen LogP contribution in [0.25, 0.3) is 0 Å². The molecule has 0 unspecified atom stereocenters. The van der Waals surface area contributed by atoms with Crippen LogP contribution in [0.5, 0.6) is 0 Å². The maximum Gasteiger partial charge on any atom is 0.139 e. The molecule has 0 aliphatic heterocycles. The van der Waals surface area contributed by atoms with Gasteiger partial charge in [-0.05, 0) is 24.7 Å². The molecule has 0 N–H and O–H groups in total. The number of rotatable bonds is 1. The molecule has 2 aliphatic rings. The average Bonchev–Trinajstić information content (AvgIpc) is 2.18. The largest absolute Gasteiger partial charge is 0.299 e. The van der Waals surface area contributed by atoms with E-state index in [4.69, 9.17) is 4.99 Å². The molecule has 18 heavy (non-hydrogen) atoms. The number of nitrogens with zero attached hydrogens (tertiary/aromatic N) is 1. The van der Waals surface area contributed by atoms with Gasteiger partial charge in [0.25, 0.3) is 0 Å². The van der Waals surface area contributed by atoms with Crippen LogP contribution in [0.15, 0.2) is 4.99 Å². The second kappa shape index (κ2) is 5.99. The Morgan fingerprint density at radius 1 is 1.00 bits per heavy atom. The van der Waals surface area contributed by atoms with Crippen molar-refractivity contribution in [2.75, 3.05) is 0 Å². The van der Waals surface area contributed by atoms with Crippen molar-refractivity contribution in [2.45, 2.75) is 84.1 Å². The minimum absolute atomic E-state index is 0.135. The van der Waals surface area contributed by atoms with Gasteiger partial charge in [-0.2, -0.15) is 0 Å². The molecule has 2 nitrogen and oxygen atoms in total. The molecule has 0 heterocycles. The first kappa shape index (κ1) is 13.8. The third kappa shape index (κ3) is 4.22. The van der Waals surface area contributed by atoms with Crippen molar-refractivity contribution in [2.24, 2.45) is 10.4 Å². The molecule has 0 radical (unpaired) electrons. The van der Waals surface area contributed by atoms with Crippen molar-refractivity contribution < 1.29 is 4.79 Å². The molecule has 2 aliphatic carbocycles. The topological polar surface area (TPSA) is 29.4 Å². The summed E-state index contributed by atoms with van der Waals surface area (Å²) in [5, 5.41) is 0. The number of carbonyl (C=O) groups excluding carboxylic acids is 1. The van der Waals surface area contributed by atoms with Gasteiger partial charge in [-0.1, -0.05) is 46.0 Å². The molecule has 2 heteroatoms. The van der Waals surface area contributed by atoms with E-state index in [0.717, 1.165) is 12.8 Å². The second-order valence-corrected chi connectivity index (χ2v) is 6.93. The third-order valence-corrected chi connectivity index (χ3v) is 4.20. The summed E-state index contributed by atoms with van der Waals surface area (Å²) in [7, 11) is 0. The van der Waals surface area contributed by atoms with Crippen LogP contribution in [0.2, 0.25) is 0 Å². The van der Waals surface area contributed by atoms with Crippen LogP contribution in [0.4, 0.5) is 0 Å². The standard InChI is InChI=1S/C16H27NO/c1-16(2)11-14(10-15(18)12-16)17-13-8-6-4-3-5-7-9-13/h13H,3-12H2,1-2H3. The normalized spacial score (nSPS) is 29.0. The maximum absolute atomic E-state index is 11.8. The fourth-order valence-corrected chi connectivity index (χ4v) is 3.41. The van der Waals surface area contributed by atoms with Crippen molar-refractivity contribution in [3.05, 3.63) is 0 Å². The first-order valence-electron chi connectivity index (χ1n) is 7.62. The Balaban J connectivity index is 1.99. The van der Waals surface area contributed by atoms with Gasteiger partial charge in [0, 0.05) is 24.6 Å². The summed E-state index contributed by atoms with van der Waals surface area (Å²) in [6.07, 6.45) is 11.6. The smallest absolute Gasteiger partial charge is 0.139 e. The SMILES string of the molecule is CC1(C)CC(=O)CC(=NC2CCCCCCC2)C1. The molecule has 0 aromatic rings. The van der Waals surface area contributed by atoms with Crippen molar-refractivity contribution in [3.8, 4) is 0 Å². The molecule has 2 fully saturated rings. The summed E-state index contributed by atoms with van der Waals surface area (Å²) >= 11 is 0. The lowest BCUT2D eigenvalue weighted by molar-refractivity contribution is -0.120. The molecule has 0 amide bonds. The monoisotopic (exact) mass is 249 g/mol. The van der Waals surface area contributed by atoms with Gasteiger partial charge < -0.3 is 0 Å². The Hall–Kier alpha value is -0.660. The molecule has 0 saturated heterocycles. The number of Topliss-reactive ketones (excluding diaryl/α,β-unsaturated/α-hetero) is 1. The lowest BCUT2D eigenvalue weighted by Crippen LogP contribution is -2.30. The van der Waals surface area contributed by atoms with Gasteiger partial charge in [0.05, 0.1) is 0 Å². The van der Waals surface area contributed by atoms with E-state index >= 15 is 0 Å². The fourth-order valence-electron chi connectivity index (χ4n) is 3.41. The zero-order valence-corrected chi connectivity index (χ0v) is 12.0. The first-order valence-corrected chi connectivity index (χ1v) is 7.62. The lowest BCUT2D eigenvalue weighted by atomic mass is 9.76. The Labute approximate surface area is 111 Å². The second-order valence-electron chi connectivity index (χ2n) is 6.93. The van der Waals surface area contributed by atoms with Crippen molar-refractivity contribution in [1.29, 1.82) is 0 Å². The highest BCUT2D eigenvalue weighted by atomic mass is 16.1. The fraction of sp³-hybridized carbons (Fsp3) is 0.875. The highest BCUT2D eigenvalue weighted by Gasteiger charge is 2.30. The van der Waals surface area contributed by atoms with E-state index in [1.54, 1.807) is 0 Å². The summed E-state index contributed by atoms with van der Waals surface area (Å²) in [4.78, 5) is 16.7. The van der Waals surface area contributed by atoms with Gasteiger partial charge >= 0.3 is 0 Å². The van der Waals surface area contributed by atoms with Gasteiger partial charge in [0.2, 0.25) is 0 Å². The summed E-state index contributed by atoms with van der Waals surface area (Å²) in [6, 6.07) is 0.502. The average molecular weight is 249 g/mol. The molecule has 0 aromatic heterocycles. The summed E-state index contributed by atoms with van der Waals surface area (Å²) in [5.74, 6) is 0.385. The number of aliphatic imine (C=N–C) groups is 1. The maximum atomic E-state index is 11.8. The minimum Gasteiger partial charge on any atom is -0.299 e. The zero-order chi connectivity index (χ0) is 13.0. The van der Waals surface area contributed by atoms with E-state index in [0.29, 0.717) is 18.2 Å². The van der Waals surface area contributed by atoms with Crippen molar-refractivity contribution in [3.63, 3.8) is 0 Å². The van der Waals surface area contributed by atoms with Crippen LogP contribution in [0, 0.1) is 5.41 Å². The molecule has 2 rings (SSSR count). The van der Waals surface area contributed by atoms with E-state index in [2.05, 4.69) is 13.8 Å². The van der Waals surface area contributed by atoms with Crippen molar-refractivity contribution in [1.82, 2.24) is 0 Å². The van der Waals surface area contributed by atoms with Gasteiger partial charge in [-0.25, -0.2) is 0 Å². The molecular weight excluding hydrogens is 222 g/mol. The van der Waals surface area contributed by atoms with Crippen LogP contribution >= 0.6 is 0 Å². The van der Waals surface area contributed by atoms with E-state index in [-0.39, 0.29) is 5.41 Å². The predicted molar refractivity (Wildman–Crippen MR) is 76.2 cm³/mol. The molecule has 102 valence electrons. The van der Waals surface area contributed by atoms with Gasteiger partial charge in [-0.3, -0.25) is 9.79 Å². The first-order chi connectivity index (χ1) is 8.55. The van der Waals surface area contributed by atoms with Crippen LogP contribution in [-0.2, 0) is 4.79 Å². The lowest BCUT2D eigenvalue weighted by Gasteiger charge is -2.30. The molecule has 0 bridgehead atoms. The van der Waals surface area contributed by atoms with E-state index in [9.17, 15) is 4.79 Å². The number of ketones is 1. The molecular formula is C16H27NO. The summed E-state index contributed by atoms with van der Waals surface area (Å²) in [5.41, 5.74) is 1.32. The Kier molecular flexibility index (Phi) is 4.58. The number of carbonyl (C=O) groups is 1. The molecule has 0 atom stereocenters. The zero-order valence-electron chi connectivity index (χ0n) is 12.0. The highest BCUT2D eigenvalue weighted by Crippen LogP contribution is 2.32. The Morgan fingerprint density at radius 2 is 1.61 bits per heavy atom.